The Bertz CT molecular complexity index is 545. The Morgan fingerprint density at radius 2 is 2.39 bits per heavy atom. The summed E-state index contributed by atoms with van der Waals surface area (Å²) in [6.07, 6.45) is 1.61. The predicted octanol–water partition coefficient (Wildman–Crippen LogP) is 2.60. The number of nitrogens with two attached hydrogens (primary N) is 1. The molecule has 0 radical (unpaired) electrons. The number of nitrogen functional groups attached to an aromatic ring is 1. The van der Waals surface area contributed by atoms with Crippen LogP contribution in [0.1, 0.15) is 0 Å². The number of nitrogens with zero attached hydrogens (tertiary/aromatic N) is 1. The molecule has 4 nitrogen and oxygen atoms in total. The minimum atomic E-state index is -0.368. The van der Waals surface area contributed by atoms with E-state index in [9.17, 15) is 9.18 Å². The zero-order valence-corrected chi connectivity index (χ0v) is 10.9. The molecule has 0 aliphatic heterocycles. The molecule has 2 rings (SSSR count). The van der Waals surface area contributed by atoms with Crippen LogP contribution >= 0.6 is 23.1 Å². The fourth-order valence-corrected chi connectivity index (χ4v) is 2.55. The van der Waals surface area contributed by atoms with Gasteiger partial charge in [0.1, 0.15) is 5.82 Å². The van der Waals surface area contributed by atoms with Crippen molar-refractivity contribution >= 4 is 39.8 Å². The minimum Gasteiger partial charge on any atom is -0.398 e. The number of thioether (sulfide) groups is 1. The van der Waals surface area contributed by atoms with Crippen LogP contribution in [0, 0.1) is 5.82 Å². The molecule has 0 fully saturated rings. The van der Waals surface area contributed by atoms with Crippen LogP contribution in [0.15, 0.2) is 34.7 Å². The number of benzene rings is 1. The maximum atomic E-state index is 13.0. The Hall–Kier alpha value is -1.60. The number of nitrogens with one attached hydrogen (secondary N) is 1. The van der Waals surface area contributed by atoms with Gasteiger partial charge in [-0.3, -0.25) is 4.79 Å². The van der Waals surface area contributed by atoms with Gasteiger partial charge >= 0.3 is 0 Å². The Labute approximate surface area is 111 Å². The fraction of sp³-hybridized carbons (Fsp3) is 0.0909. The van der Waals surface area contributed by atoms with E-state index in [2.05, 4.69) is 10.3 Å². The molecule has 1 amide bonds. The largest absolute Gasteiger partial charge is 0.398 e. The van der Waals surface area contributed by atoms with Crippen LogP contribution in [0.2, 0.25) is 0 Å². The van der Waals surface area contributed by atoms with E-state index in [1.807, 2.05) is 0 Å². The van der Waals surface area contributed by atoms with Crippen molar-refractivity contribution in [2.24, 2.45) is 0 Å². The van der Waals surface area contributed by atoms with Crippen molar-refractivity contribution in [3.63, 3.8) is 0 Å². The average molecular weight is 283 g/mol. The highest BCUT2D eigenvalue weighted by atomic mass is 32.2. The molecule has 7 heteroatoms. The van der Waals surface area contributed by atoms with Crippen LogP contribution in [-0.4, -0.2) is 16.6 Å². The average Bonchev–Trinajstić information content (AvgIpc) is 2.83. The highest BCUT2D eigenvalue weighted by Gasteiger charge is 2.07. The van der Waals surface area contributed by atoms with Crippen molar-refractivity contribution in [3.8, 4) is 0 Å². The van der Waals surface area contributed by atoms with Crippen LogP contribution in [0.3, 0.4) is 0 Å². The van der Waals surface area contributed by atoms with E-state index in [0.717, 1.165) is 0 Å². The monoisotopic (exact) mass is 283 g/mol. The first-order chi connectivity index (χ1) is 8.65. The topological polar surface area (TPSA) is 68.0 Å². The first-order valence-electron chi connectivity index (χ1n) is 5.02. The maximum Gasteiger partial charge on any atom is 0.236 e. The van der Waals surface area contributed by atoms with Crippen molar-refractivity contribution in [3.05, 3.63) is 35.6 Å². The van der Waals surface area contributed by atoms with Crippen molar-refractivity contribution in [1.29, 1.82) is 0 Å². The number of thiazole rings is 1. The molecule has 0 unspecified atom stereocenters. The third kappa shape index (κ3) is 3.44. The number of hydrogen-bond acceptors (Lipinski definition) is 5. The van der Waals surface area contributed by atoms with E-state index in [-0.39, 0.29) is 17.5 Å². The van der Waals surface area contributed by atoms with Crippen molar-refractivity contribution in [1.82, 2.24) is 4.98 Å². The summed E-state index contributed by atoms with van der Waals surface area (Å²) in [5.74, 6) is -0.404. The molecule has 1 aromatic heterocycles. The zero-order chi connectivity index (χ0) is 13.0. The van der Waals surface area contributed by atoms with Gasteiger partial charge in [-0.25, -0.2) is 9.37 Å². The van der Waals surface area contributed by atoms with Crippen LogP contribution in [0.4, 0.5) is 15.2 Å². The summed E-state index contributed by atoms with van der Waals surface area (Å²) in [4.78, 5) is 16.1. The van der Waals surface area contributed by atoms with Gasteiger partial charge in [0.05, 0.1) is 5.75 Å². The highest BCUT2D eigenvalue weighted by molar-refractivity contribution is 8.00. The fourth-order valence-electron chi connectivity index (χ4n) is 1.22. The molecule has 1 heterocycles. The molecule has 0 saturated heterocycles. The molecule has 1 aromatic carbocycles. The van der Waals surface area contributed by atoms with Gasteiger partial charge in [0, 0.05) is 22.2 Å². The third-order valence-corrected chi connectivity index (χ3v) is 3.77. The van der Waals surface area contributed by atoms with E-state index >= 15 is 0 Å². The second-order valence-electron chi connectivity index (χ2n) is 3.36. The van der Waals surface area contributed by atoms with Gasteiger partial charge in [-0.15, -0.1) is 23.1 Å². The van der Waals surface area contributed by atoms with Gasteiger partial charge in [0.2, 0.25) is 5.91 Å². The van der Waals surface area contributed by atoms with Crippen LogP contribution < -0.4 is 11.1 Å². The second-order valence-corrected chi connectivity index (χ2v) is 5.27. The summed E-state index contributed by atoms with van der Waals surface area (Å²) in [7, 11) is 0. The van der Waals surface area contributed by atoms with E-state index in [1.165, 1.54) is 41.3 Å². The standard InChI is InChI=1S/C11H10FN3OS2/c12-7-1-2-8(13)9(5-7)18-6-10(16)15-11-14-3-4-17-11/h1-5H,6,13H2,(H,14,15,16). The smallest absolute Gasteiger partial charge is 0.236 e. The van der Waals surface area contributed by atoms with Crippen LogP contribution in [0.5, 0.6) is 0 Å². The predicted molar refractivity (Wildman–Crippen MR) is 72.3 cm³/mol. The third-order valence-electron chi connectivity index (χ3n) is 2.01. The quantitative estimate of drug-likeness (QED) is 0.668. The number of hydrogen-bond donors (Lipinski definition) is 2. The molecule has 0 aliphatic carbocycles. The van der Waals surface area contributed by atoms with Gasteiger partial charge in [-0.1, -0.05) is 0 Å². The molecule has 0 saturated carbocycles. The van der Waals surface area contributed by atoms with E-state index in [4.69, 9.17) is 5.73 Å². The molecule has 0 aliphatic rings. The van der Waals surface area contributed by atoms with E-state index < -0.39 is 0 Å². The van der Waals surface area contributed by atoms with Crippen LogP contribution in [0.25, 0.3) is 0 Å². The summed E-state index contributed by atoms with van der Waals surface area (Å²) in [5.41, 5.74) is 6.14. The molecule has 0 bridgehead atoms. The summed E-state index contributed by atoms with van der Waals surface area (Å²) < 4.78 is 13.0. The number of carbonyl (C=O) groups excluding carboxylic acids is 1. The molecule has 18 heavy (non-hydrogen) atoms. The van der Waals surface area contributed by atoms with Gasteiger partial charge in [-0.2, -0.15) is 0 Å². The van der Waals surface area contributed by atoms with Crippen molar-refractivity contribution in [2.75, 3.05) is 16.8 Å². The van der Waals surface area contributed by atoms with Crippen molar-refractivity contribution < 1.29 is 9.18 Å². The van der Waals surface area contributed by atoms with Gasteiger partial charge < -0.3 is 11.1 Å². The highest BCUT2D eigenvalue weighted by Crippen LogP contribution is 2.25. The maximum absolute atomic E-state index is 13.0. The molecule has 0 atom stereocenters. The Balaban J connectivity index is 1.91. The molecular formula is C11H10FN3OS2. The normalized spacial score (nSPS) is 10.3. The zero-order valence-electron chi connectivity index (χ0n) is 9.22. The lowest BCUT2D eigenvalue weighted by Gasteiger charge is -2.05. The molecule has 0 spiro atoms. The lowest BCUT2D eigenvalue weighted by Crippen LogP contribution is -2.13. The minimum absolute atomic E-state index is 0.160. The molecule has 2 aromatic rings. The number of carbonyl (C=O) groups is 1. The second kappa shape index (κ2) is 5.83. The number of amides is 1. The first kappa shape index (κ1) is 12.8. The molecule has 94 valence electrons. The molecule has 3 N–H and O–H groups in total. The van der Waals surface area contributed by atoms with E-state index in [1.54, 1.807) is 11.6 Å². The number of anilines is 2. The van der Waals surface area contributed by atoms with Crippen molar-refractivity contribution in [2.45, 2.75) is 4.90 Å². The Kier molecular flexibility index (Phi) is 4.16. The van der Waals surface area contributed by atoms with Gasteiger partial charge in [0.25, 0.3) is 0 Å². The van der Waals surface area contributed by atoms with E-state index in [0.29, 0.717) is 15.7 Å². The van der Waals surface area contributed by atoms with Gasteiger partial charge in [0.15, 0.2) is 5.13 Å². The van der Waals surface area contributed by atoms with Crippen LogP contribution in [-0.2, 0) is 4.79 Å². The number of aromatic nitrogens is 1. The summed E-state index contributed by atoms with van der Waals surface area (Å²) in [6.45, 7) is 0. The molecular weight excluding hydrogens is 273 g/mol. The summed E-state index contributed by atoms with van der Waals surface area (Å²) >= 11 is 2.53. The first-order valence-corrected chi connectivity index (χ1v) is 6.89. The Morgan fingerprint density at radius 1 is 1.56 bits per heavy atom. The number of rotatable bonds is 4. The SMILES string of the molecule is Nc1ccc(F)cc1SCC(=O)Nc1nccs1. The lowest BCUT2D eigenvalue weighted by atomic mass is 10.3. The Morgan fingerprint density at radius 3 is 3.11 bits per heavy atom. The summed E-state index contributed by atoms with van der Waals surface area (Å²) in [5, 5.41) is 4.96. The lowest BCUT2D eigenvalue weighted by molar-refractivity contribution is -0.113. The van der Waals surface area contributed by atoms with Gasteiger partial charge in [-0.05, 0) is 18.2 Å². The summed E-state index contributed by atoms with van der Waals surface area (Å²) in [6, 6.07) is 4.09. The number of halogens is 1.